The highest BCUT2D eigenvalue weighted by Gasteiger charge is 2.06. The SMILES string of the molecule is CSC(=NCC(C)C(C)C)NC#N. The average molecular weight is 199 g/mol. The van der Waals surface area contributed by atoms with E-state index < -0.39 is 0 Å². The van der Waals surface area contributed by atoms with Crippen LogP contribution in [0.2, 0.25) is 0 Å². The van der Waals surface area contributed by atoms with Crippen LogP contribution < -0.4 is 5.32 Å². The van der Waals surface area contributed by atoms with Gasteiger partial charge in [-0.1, -0.05) is 32.5 Å². The summed E-state index contributed by atoms with van der Waals surface area (Å²) in [6.45, 7) is 7.30. The van der Waals surface area contributed by atoms with Crippen molar-refractivity contribution in [2.24, 2.45) is 16.8 Å². The van der Waals surface area contributed by atoms with Crippen LogP contribution in [-0.2, 0) is 0 Å². The summed E-state index contributed by atoms with van der Waals surface area (Å²) in [7, 11) is 0. The average Bonchev–Trinajstić information content (AvgIpc) is 2.11. The lowest BCUT2D eigenvalue weighted by atomic mass is 9.99. The van der Waals surface area contributed by atoms with E-state index >= 15 is 0 Å². The first kappa shape index (κ1) is 12.3. The fourth-order valence-corrected chi connectivity index (χ4v) is 0.992. The number of hydrogen-bond acceptors (Lipinski definition) is 3. The maximum Gasteiger partial charge on any atom is 0.183 e. The van der Waals surface area contributed by atoms with E-state index in [0.29, 0.717) is 17.0 Å². The molecule has 74 valence electrons. The molecule has 0 radical (unpaired) electrons. The molecular formula is C9H17N3S. The number of thioether (sulfide) groups is 1. The van der Waals surface area contributed by atoms with Crippen LogP contribution in [0, 0.1) is 23.3 Å². The number of nitrogens with one attached hydrogen (secondary N) is 1. The van der Waals surface area contributed by atoms with Gasteiger partial charge in [0.1, 0.15) is 0 Å². The highest BCUT2D eigenvalue weighted by Crippen LogP contribution is 2.10. The first-order chi connectivity index (χ1) is 6.11. The molecule has 0 aliphatic heterocycles. The van der Waals surface area contributed by atoms with Crippen molar-refractivity contribution in [2.75, 3.05) is 12.8 Å². The molecule has 13 heavy (non-hydrogen) atoms. The van der Waals surface area contributed by atoms with Crippen LogP contribution in [0.3, 0.4) is 0 Å². The number of nitriles is 1. The van der Waals surface area contributed by atoms with Crippen molar-refractivity contribution in [1.29, 1.82) is 5.26 Å². The Hall–Kier alpha value is -0.690. The molecule has 1 unspecified atom stereocenters. The van der Waals surface area contributed by atoms with Gasteiger partial charge in [-0.25, -0.2) is 0 Å². The van der Waals surface area contributed by atoms with Gasteiger partial charge in [0, 0.05) is 6.54 Å². The van der Waals surface area contributed by atoms with E-state index in [2.05, 4.69) is 31.1 Å². The number of rotatable bonds is 3. The Labute approximate surface area is 84.6 Å². The van der Waals surface area contributed by atoms with Gasteiger partial charge in [0.2, 0.25) is 0 Å². The van der Waals surface area contributed by atoms with Gasteiger partial charge in [-0.15, -0.1) is 0 Å². The third kappa shape index (κ3) is 5.53. The molecule has 0 fully saturated rings. The predicted octanol–water partition coefficient (Wildman–Crippen LogP) is 2.07. The standard InChI is InChI=1S/C9H17N3S/c1-7(2)8(3)5-11-9(13-4)12-6-10/h7-8H,5H2,1-4H3,(H,11,12). The van der Waals surface area contributed by atoms with Crippen LogP contribution in [0.25, 0.3) is 0 Å². The summed E-state index contributed by atoms with van der Waals surface area (Å²) in [5.74, 6) is 1.19. The van der Waals surface area contributed by atoms with Gasteiger partial charge in [-0.05, 0) is 18.1 Å². The van der Waals surface area contributed by atoms with E-state index in [-0.39, 0.29) is 0 Å². The summed E-state index contributed by atoms with van der Waals surface area (Å²) in [6, 6.07) is 0. The van der Waals surface area contributed by atoms with Crippen molar-refractivity contribution in [3.8, 4) is 6.19 Å². The Morgan fingerprint density at radius 3 is 2.54 bits per heavy atom. The van der Waals surface area contributed by atoms with Gasteiger partial charge in [-0.3, -0.25) is 10.3 Å². The second kappa shape index (κ2) is 6.79. The molecule has 0 aromatic rings. The minimum absolute atomic E-state index is 0.558. The summed E-state index contributed by atoms with van der Waals surface area (Å²) in [5.41, 5.74) is 0. The Morgan fingerprint density at radius 1 is 1.54 bits per heavy atom. The molecule has 0 aliphatic carbocycles. The lowest BCUT2D eigenvalue weighted by Crippen LogP contribution is -2.16. The van der Waals surface area contributed by atoms with Gasteiger partial charge in [-0.2, -0.15) is 5.26 Å². The van der Waals surface area contributed by atoms with Crippen molar-refractivity contribution < 1.29 is 0 Å². The maximum absolute atomic E-state index is 8.39. The fraction of sp³-hybridized carbons (Fsp3) is 0.778. The molecule has 3 nitrogen and oxygen atoms in total. The molecule has 0 aliphatic rings. The molecule has 1 N–H and O–H groups in total. The van der Waals surface area contributed by atoms with Crippen LogP contribution in [0.15, 0.2) is 4.99 Å². The summed E-state index contributed by atoms with van der Waals surface area (Å²) in [4.78, 5) is 4.30. The van der Waals surface area contributed by atoms with Crippen molar-refractivity contribution in [1.82, 2.24) is 5.32 Å². The zero-order valence-electron chi connectivity index (χ0n) is 8.66. The van der Waals surface area contributed by atoms with E-state index in [1.807, 2.05) is 12.4 Å². The molecule has 1 atom stereocenters. The molecule has 0 heterocycles. The Kier molecular flexibility index (Phi) is 6.43. The smallest absolute Gasteiger partial charge is 0.183 e. The molecule has 0 bridgehead atoms. The van der Waals surface area contributed by atoms with Crippen molar-refractivity contribution >= 4 is 16.9 Å². The van der Waals surface area contributed by atoms with E-state index in [1.165, 1.54) is 11.8 Å². The second-order valence-electron chi connectivity index (χ2n) is 3.31. The maximum atomic E-state index is 8.39. The molecule has 0 aromatic carbocycles. The third-order valence-corrected chi connectivity index (χ3v) is 2.63. The minimum atomic E-state index is 0.558. The molecule has 0 spiro atoms. The zero-order valence-corrected chi connectivity index (χ0v) is 9.48. The summed E-state index contributed by atoms with van der Waals surface area (Å²) >= 11 is 1.46. The number of aliphatic imine (C=N–C) groups is 1. The lowest BCUT2D eigenvalue weighted by Gasteiger charge is -2.12. The van der Waals surface area contributed by atoms with E-state index in [9.17, 15) is 0 Å². The molecule has 0 saturated heterocycles. The molecule has 0 amide bonds. The lowest BCUT2D eigenvalue weighted by molar-refractivity contribution is 0.430. The molecule has 0 rings (SSSR count). The van der Waals surface area contributed by atoms with Crippen molar-refractivity contribution in [3.63, 3.8) is 0 Å². The highest BCUT2D eigenvalue weighted by atomic mass is 32.2. The van der Waals surface area contributed by atoms with E-state index in [4.69, 9.17) is 5.26 Å². The predicted molar refractivity (Wildman–Crippen MR) is 58.6 cm³/mol. The largest absolute Gasteiger partial charge is 0.272 e. The molecular weight excluding hydrogens is 182 g/mol. The molecule has 4 heteroatoms. The number of amidine groups is 1. The normalized spacial score (nSPS) is 14.0. The van der Waals surface area contributed by atoms with E-state index in [0.717, 1.165) is 6.54 Å². The van der Waals surface area contributed by atoms with Gasteiger partial charge < -0.3 is 0 Å². The van der Waals surface area contributed by atoms with Crippen molar-refractivity contribution in [2.45, 2.75) is 20.8 Å². The zero-order chi connectivity index (χ0) is 10.3. The molecule has 0 saturated carbocycles. The summed E-state index contributed by atoms with van der Waals surface area (Å²) in [5, 5.41) is 11.6. The first-order valence-corrected chi connectivity index (χ1v) is 5.57. The van der Waals surface area contributed by atoms with Gasteiger partial charge in [0.15, 0.2) is 11.4 Å². The Bertz CT molecular complexity index is 205. The second-order valence-corrected chi connectivity index (χ2v) is 4.10. The summed E-state index contributed by atoms with van der Waals surface area (Å²) < 4.78 is 0. The Morgan fingerprint density at radius 2 is 2.15 bits per heavy atom. The van der Waals surface area contributed by atoms with Gasteiger partial charge in [0.05, 0.1) is 0 Å². The fourth-order valence-electron chi connectivity index (χ4n) is 0.641. The van der Waals surface area contributed by atoms with Crippen LogP contribution in [-0.4, -0.2) is 18.0 Å². The van der Waals surface area contributed by atoms with Crippen LogP contribution in [0.1, 0.15) is 20.8 Å². The Balaban J connectivity index is 3.99. The van der Waals surface area contributed by atoms with Gasteiger partial charge in [0.25, 0.3) is 0 Å². The van der Waals surface area contributed by atoms with Crippen molar-refractivity contribution in [3.05, 3.63) is 0 Å². The first-order valence-electron chi connectivity index (χ1n) is 4.35. The number of nitrogens with zero attached hydrogens (tertiary/aromatic N) is 2. The summed E-state index contributed by atoms with van der Waals surface area (Å²) in [6.07, 6.45) is 3.78. The van der Waals surface area contributed by atoms with Crippen LogP contribution in [0.5, 0.6) is 0 Å². The molecule has 0 aromatic heterocycles. The highest BCUT2D eigenvalue weighted by molar-refractivity contribution is 8.13. The van der Waals surface area contributed by atoms with Crippen LogP contribution in [0.4, 0.5) is 0 Å². The van der Waals surface area contributed by atoms with Crippen LogP contribution >= 0.6 is 11.8 Å². The minimum Gasteiger partial charge on any atom is -0.272 e. The monoisotopic (exact) mass is 199 g/mol. The van der Waals surface area contributed by atoms with E-state index in [1.54, 1.807) is 0 Å². The quantitative estimate of drug-likeness (QED) is 0.327. The number of hydrogen-bond donors (Lipinski definition) is 1. The van der Waals surface area contributed by atoms with Gasteiger partial charge >= 0.3 is 0 Å². The topological polar surface area (TPSA) is 48.2 Å². The third-order valence-electron chi connectivity index (χ3n) is 2.02.